The maximum absolute atomic E-state index is 13.0. The zero-order valence-electron chi connectivity index (χ0n) is 23.2. The van der Waals surface area contributed by atoms with Gasteiger partial charge in [-0.25, -0.2) is 14.8 Å². The van der Waals surface area contributed by atoms with Crippen molar-refractivity contribution < 1.29 is 14.3 Å². The molecule has 1 saturated carbocycles. The van der Waals surface area contributed by atoms with Crippen molar-refractivity contribution >= 4 is 29.3 Å². The molecule has 2 aliphatic rings. The lowest BCUT2D eigenvalue weighted by molar-refractivity contribution is 0.0514. The van der Waals surface area contributed by atoms with Crippen molar-refractivity contribution in [3.8, 4) is 6.07 Å². The van der Waals surface area contributed by atoms with Crippen LogP contribution >= 0.6 is 0 Å². The minimum atomic E-state index is -0.659. The highest BCUT2D eigenvalue weighted by Crippen LogP contribution is 2.39. The number of hydrogen-bond donors (Lipinski definition) is 2. The van der Waals surface area contributed by atoms with Crippen LogP contribution in [0.4, 0.5) is 22.1 Å². The summed E-state index contributed by atoms with van der Waals surface area (Å²) >= 11 is 0. The van der Waals surface area contributed by atoms with Crippen LogP contribution in [0, 0.1) is 11.3 Å². The monoisotopic (exact) mass is 542 g/mol. The van der Waals surface area contributed by atoms with Crippen LogP contribution in [0.3, 0.4) is 0 Å². The normalized spacial score (nSPS) is 19.0. The topological polar surface area (TPSA) is 138 Å². The van der Waals surface area contributed by atoms with E-state index in [0.29, 0.717) is 23.0 Å². The van der Waals surface area contributed by atoms with Crippen LogP contribution in [0.25, 0.3) is 0 Å². The molecule has 11 heteroatoms. The minimum Gasteiger partial charge on any atom is -0.442 e. The molecule has 0 unspecified atom stereocenters. The van der Waals surface area contributed by atoms with Gasteiger partial charge in [0.1, 0.15) is 17.5 Å². The lowest BCUT2D eigenvalue weighted by Gasteiger charge is -2.40. The van der Waals surface area contributed by atoms with E-state index in [1.165, 1.54) is 30.8 Å². The number of aromatic nitrogens is 4. The van der Waals surface area contributed by atoms with Gasteiger partial charge in [-0.3, -0.25) is 4.79 Å². The Labute approximate surface area is 233 Å². The Balaban J connectivity index is 1.28. The number of nitriles is 1. The van der Waals surface area contributed by atoms with Gasteiger partial charge in [-0.05, 0) is 77.0 Å². The predicted octanol–water partition coefficient (Wildman–Crippen LogP) is 4.74. The number of amides is 1. The fourth-order valence-corrected chi connectivity index (χ4v) is 4.85. The van der Waals surface area contributed by atoms with Crippen LogP contribution in [-0.4, -0.2) is 56.0 Å². The molecule has 40 heavy (non-hydrogen) atoms. The van der Waals surface area contributed by atoms with Crippen molar-refractivity contribution in [2.24, 2.45) is 0 Å². The third-order valence-corrected chi connectivity index (χ3v) is 7.11. The number of piperidine rings is 1. The summed E-state index contributed by atoms with van der Waals surface area (Å²) < 4.78 is 6.42. The summed E-state index contributed by atoms with van der Waals surface area (Å²) in [5.41, 5.74) is 1.87. The van der Waals surface area contributed by atoms with Crippen molar-refractivity contribution in [1.29, 1.82) is 5.26 Å². The highest BCUT2D eigenvalue weighted by Gasteiger charge is 2.31. The molecule has 1 aromatic carbocycles. The lowest BCUT2D eigenvalue weighted by Crippen LogP contribution is -2.54. The molecule has 0 bridgehead atoms. The molecule has 1 amide bonds. The van der Waals surface area contributed by atoms with E-state index in [1.54, 1.807) is 27.0 Å². The first-order chi connectivity index (χ1) is 19.1. The van der Waals surface area contributed by atoms with Gasteiger partial charge in [0.2, 0.25) is 0 Å². The SMILES string of the molecule is C[C@@H]1[C@H](NC(=O)c2ccc(C3CC3)cc2)CCCN1c1cnc(C#N)c(Nc2cnn(C(=O)OC(C)(C)C)c2)n1. The van der Waals surface area contributed by atoms with Gasteiger partial charge in [0.15, 0.2) is 11.5 Å². The lowest BCUT2D eigenvalue weighted by atomic mass is 9.97. The van der Waals surface area contributed by atoms with Gasteiger partial charge in [0.05, 0.1) is 24.3 Å². The van der Waals surface area contributed by atoms with Gasteiger partial charge < -0.3 is 20.3 Å². The van der Waals surface area contributed by atoms with E-state index in [1.807, 2.05) is 12.1 Å². The first-order valence-corrected chi connectivity index (χ1v) is 13.6. The summed E-state index contributed by atoms with van der Waals surface area (Å²) in [6.45, 7) is 8.12. The minimum absolute atomic E-state index is 0.0477. The number of nitrogens with one attached hydrogen (secondary N) is 2. The molecule has 1 saturated heterocycles. The molecule has 2 aromatic heterocycles. The Morgan fingerprint density at radius 1 is 1.12 bits per heavy atom. The number of benzene rings is 1. The molecule has 3 aromatic rings. The van der Waals surface area contributed by atoms with E-state index < -0.39 is 11.7 Å². The molecule has 2 atom stereocenters. The van der Waals surface area contributed by atoms with Crippen LogP contribution in [0.1, 0.15) is 80.9 Å². The highest BCUT2D eigenvalue weighted by atomic mass is 16.6. The van der Waals surface area contributed by atoms with Crippen LogP contribution in [-0.2, 0) is 4.74 Å². The van der Waals surface area contributed by atoms with Crippen LogP contribution in [0.15, 0.2) is 42.9 Å². The first kappa shape index (κ1) is 27.1. The van der Waals surface area contributed by atoms with E-state index in [-0.39, 0.29) is 29.5 Å². The summed E-state index contributed by atoms with van der Waals surface area (Å²) in [4.78, 5) is 36.4. The molecule has 1 aliphatic carbocycles. The van der Waals surface area contributed by atoms with Crippen LogP contribution < -0.4 is 15.5 Å². The smallest absolute Gasteiger partial charge is 0.435 e. The molecule has 208 valence electrons. The molecular weight excluding hydrogens is 508 g/mol. The average Bonchev–Trinajstić information content (AvgIpc) is 3.67. The van der Waals surface area contributed by atoms with Crippen molar-refractivity contribution in [2.45, 2.75) is 77.0 Å². The Hall–Kier alpha value is -4.46. The Kier molecular flexibility index (Phi) is 7.43. The second kappa shape index (κ2) is 11.0. The van der Waals surface area contributed by atoms with Crippen molar-refractivity contribution in [3.63, 3.8) is 0 Å². The standard InChI is InChI=1S/C29H34N8O3/c1-18-23(34-27(38)21-11-9-20(10-12-21)19-7-8-19)6-5-13-36(18)25-16-31-24(14-30)26(35-25)33-22-15-32-37(17-22)28(39)40-29(2,3)4/h9-12,15-19,23H,5-8,13H2,1-4H3,(H,33,35)(H,34,38)/t18-,23-/m1/s1. The van der Waals surface area contributed by atoms with Gasteiger partial charge >= 0.3 is 6.09 Å². The summed E-state index contributed by atoms with van der Waals surface area (Å²) in [6, 6.07) is 9.85. The fraction of sp³-hybridized carbons (Fsp3) is 0.448. The number of carbonyl (C=O) groups is 2. The summed E-state index contributed by atoms with van der Waals surface area (Å²) in [5.74, 6) is 1.40. The van der Waals surface area contributed by atoms with Gasteiger partial charge in [0.25, 0.3) is 5.91 Å². The highest BCUT2D eigenvalue weighted by molar-refractivity contribution is 5.94. The molecule has 5 rings (SSSR count). The average molecular weight is 543 g/mol. The number of nitrogens with zero attached hydrogens (tertiary/aromatic N) is 6. The van der Waals surface area contributed by atoms with Gasteiger partial charge in [0, 0.05) is 24.2 Å². The van der Waals surface area contributed by atoms with Crippen molar-refractivity contribution in [1.82, 2.24) is 25.1 Å². The quantitative estimate of drug-likeness (QED) is 0.452. The number of anilines is 3. The molecule has 1 aliphatic heterocycles. The van der Waals surface area contributed by atoms with Gasteiger partial charge in [-0.2, -0.15) is 15.0 Å². The number of hydrogen-bond acceptors (Lipinski definition) is 9. The molecule has 11 nitrogen and oxygen atoms in total. The van der Waals surface area contributed by atoms with Crippen LogP contribution in [0.2, 0.25) is 0 Å². The third kappa shape index (κ3) is 6.22. The fourth-order valence-electron chi connectivity index (χ4n) is 4.85. The largest absolute Gasteiger partial charge is 0.442 e. The zero-order chi connectivity index (χ0) is 28.4. The molecule has 0 spiro atoms. The van der Waals surface area contributed by atoms with Crippen molar-refractivity contribution in [3.05, 3.63) is 59.7 Å². The molecule has 2 fully saturated rings. The van der Waals surface area contributed by atoms with E-state index in [4.69, 9.17) is 9.72 Å². The molecule has 0 radical (unpaired) electrons. The number of carbonyl (C=O) groups excluding carboxylic acids is 2. The van der Waals surface area contributed by atoms with Gasteiger partial charge in [-0.1, -0.05) is 12.1 Å². The Morgan fingerprint density at radius 2 is 1.88 bits per heavy atom. The zero-order valence-corrected chi connectivity index (χ0v) is 23.2. The maximum Gasteiger partial charge on any atom is 0.435 e. The Morgan fingerprint density at radius 3 is 2.55 bits per heavy atom. The van der Waals surface area contributed by atoms with E-state index in [9.17, 15) is 14.9 Å². The van der Waals surface area contributed by atoms with Gasteiger partial charge in [-0.15, -0.1) is 0 Å². The summed E-state index contributed by atoms with van der Waals surface area (Å²) in [7, 11) is 0. The second-order valence-corrected chi connectivity index (χ2v) is 11.4. The van der Waals surface area contributed by atoms with Crippen LogP contribution in [0.5, 0.6) is 0 Å². The third-order valence-electron chi connectivity index (χ3n) is 7.11. The molecule has 3 heterocycles. The molecular formula is C29H34N8O3. The first-order valence-electron chi connectivity index (χ1n) is 13.6. The summed E-state index contributed by atoms with van der Waals surface area (Å²) in [6.07, 6.45) is 8.05. The number of ether oxygens (including phenoxy) is 1. The summed E-state index contributed by atoms with van der Waals surface area (Å²) in [5, 5.41) is 19.9. The predicted molar refractivity (Wildman–Crippen MR) is 150 cm³/mol. The second-order valence-electron chi connectivity index (χ2n) is 11.4. The van der Waals surface area contributed by atoms with E-state index in [0.717, 1.165) is 24.1 Å². The maximum atomic E-state index is 13.0. The Bertz CT molecular complexity index is 1430. The molecule has 2 N–H and O–H groups in total. The van der Waals surface area contributed by atoms with Crippen molar-refractivity contribution in [2.75, 3.05) is 16.8 Å². The number of rotatable bonds is 6. The van der Waals surface area contributed by atoms with E-state index >= 15 is 0 Å². The van der Waals surface area contributed by atoms with E-state index in [2.05, 4.69) is 50.7 Å².